The minimum absolute atomic E-state index is 0.0650. The lowest BCUT2D eigenvalue weighted by atomic mass is 10.2. The molecule has 0 atom stereocenters. The summed E-state index contributed by atoms with van der Waals surface area (Å²) in [6, 6.07) is 6.27. The molecule has 4 N–H and O–H groups in total. The van der Waals surface area contributed by atoms with E-state index in [0.717, 1.165) is 24.7 Å². The Balaban J connectivity index is 2.33. The zero-order valence-electron chi connectivity index (χ0n) is 9.27. The molecular formula is C12H14N2O3. The van der Waals surface area contributed by atoms with E-state index in [-0.39, 0.29) is 5.75 Å². The highest BCUT2D eigenvalue weighted by Gasteiger charge is 2.04. The van der Waals surface area contributed by atoms with Crippen LogP contribution in [0, 0.1) is 0 Å². The number of benzene rings is 1. The Morgan fingerprint density at radius 1 is 1.35 bits per heavy atom. The average Bonchev–Trinajstić information content (AvgIpc) is 2.28. The molecule has 0 saturated heterocycles. The molecule has 0 fully saturated rings. The maximum atomic E-state index is 11.1. The first kappa shape index (κ1) is 11.5. The molecule has 17 heavy (non-hydrogen) atoms. The number of hydrogen-bond donors (Lipinski definition) is 3. The number of anilines is 1. The van der Waals surface area contributed by atoms with Crippen molar-refractivity contribution in [1.29, 1.82) is 0 Å². The largest absolute Gasteiger partial charge is 0.507 e. The van der Waals surface area contributed by atoms with Gasteiger partial charge in [-0.1, -0.05) is 0 Å². The Morgan fingerprint density at radius 3 is 2.94 bits per heavy atom. The van der Waals surface area contributed by atoms with Crippen LogP contribution >= 0.6 is 0 Å². The fourth-order valence-electron chi connectivity index (χ4n) is 1.59. The minimum atomic E-state index is -0.561. The molecule has 0 amide bonds. The number of nitrogens with one attached hydrogen (secondary N) is 1. The molecule has 0 aliphatic carbocycles. The Labute approximate surface area is 97.9 Å². The van der Waals surface area contributed by atoms with Gasteiger partial charge in [0.25, 0.3) is 0 Å². The third-order valence-electron chi connectivity index (χ3n) is 2.43. The zero-order chi connectivity index (χ0) is 12.3. The van der Waals surface area contributed by atoms with Crippen LogP contribution < -0.4 is 16.7 Å². The Bertz CT molecular complexity index is 577. The quantitative estimate of drug-likeness (QED) is 0.547. The van der Waals surface area contributed by atoms with E-state index in [9.17, 15) is 9.90 Å². The smallest absolute Gasteiger partial charge is 0.339 e. The Morgan fingerprint density at radius 2 is 2.18 bits per heavy atom. The molecule has 0 aliphatic heterocycles. The molecule has 1 aromatic heterocycles. The number of fused-ring (bicyclic) bond motifs is 1. The van der Waals surface area contributed by atoms with E-state index in [1.807, 2.05) is 6.07 Å². The van der Waals surface area contributed by atoms with Crippen molar-refractivity contribution in [2.75, 3.05) is 18.4 Å². The fourth-order valence-corrected chi connectivity index (χ4v) is 1.59. The molecule has 5 heteroatoms. The molecule has 1 aromatic carbocycles. The second kappa shape index (κ2) is 4.88. The minimum Gasteiger partial charge on any atom is -0.507 e. The summed E-state index contributed by atoms with van der Waals surface area (Å²) in [6.07, 6.45) is 0.863. The van der Waals surface area contributed by atoms with Crippen molar-refractivity contribution < 1.29 is 9.52 Å². The summed E-state index contributed by atoms with van der Waals surface area (Å²) in [5, 5.41) is 13.2. The van der Waals surface area contributed by atoms with Gasteiger partial charge in [-0.15, -0.1) is 0 Å². The van der Waals surface area contributed by atoms with Crippen molar-refractivity contribution in [3.8, 4) is 5.75 Å². The predicted molar refractivity (Wildman–Crippen MR) is 66.3 cm³/mol. The molecule has 0 spiro atoms. The molecule has 0 bridgehead atoms. The van der Waals surface area contributed by atoms with E-state index >= 15 is 0 Å². The van der Waals surface area contributed by atoms with Gasteiger partial charge in [0, 0.05) is 18.3 Å². The van der Waals surface area contributed by atoms with Crippen LogP contribution in [-0.4, -0.2) is 18.2 Å². The van der Waals surface area contributed by atoms with Gasteiger partial charge in [0.15, 0.2) is 0 Å². The van der Waals surface area contributed by atoms with Crippen LogP contribution in [0.2, 0.25) is 0 Å². The van der Waals surface area contributed by atoms with Gasteiger partial charge < -0.3 is 20.6 Å². The fraction of sp³-hybridized carbons (Fsp3) is 0.250. The van der Waals surface area contributed by atoms with Crippen molar-refractivity contribution in [1.82, 2.24) is 0 Å². The third kappa shape index (κ3) is 2.57. The maximum absolute atomic E-state index is 11.1. The number of nitrogens with two attached hydrogens (primary N) is 1. The lowest BCUT2D eigenvalue weighted by Gasteiger charge is -2.06. The van der Waals surface area contributed by atoms with E-state index < -0.39 is 5.63 Å². The zero-order valence-corrected chi connectivity index (χ0v) is 9.27. The van der Waals surface area contributed by atoms with Crippen LogP contribution in [0.1, 0.15) is 6.42 Å². The molecule has 2 rings (SSSR count). The molecule has 2 aromatic rings. The Hall–Kier alpha value is -2.01. The van der Waals surface area contributed by atoms with Gasteiger partial charge in [0.2, 0.25) is 0 Å². The standard InChI is InChI=1S/C12H14N2O3/c13-4-1-5-14-8-2-3-9-10(15)7-12(16)17-11(9)6-8/h2-3,6-7,14-15H,1,4-5,13H2. The number of aromatic hydroxyl groups is 1. The van der Waals surface area contributed by atoms with Gasteiger partial charge in [-0.25, -0.2) is 4.79 Å². The van der Waals surface area contributed by atoms with Gasteiger partial charge in [-0.05, 0) is 25.1 Å². The van der Waals surface area contributed by atoms with Gasteiger partial charge in [0.05, 0.1) is 11.5 Å². The van der Waals surface area contributed by atoms with Gasteiger partial charge in [0.1, 0.15) is 11.3 Å². The summed E-state index contributed by atoms with van der Waals surface area (Å²) in [5.41, 5.74) is 6.03. The van der Waals surface area contributed by atoms with Crippen molar-refractivity contribution in [2.24, 2.45) is 5.73 Å². The van der Waals surface area contributed by atoms with Crippen LogP contribution in [0.4, 0.5) is 5.69 Å². The molecule has 0 saturated carbocycles. The summed E-state index contributed by atoms with van der Waals surface area (Å²) in [4.78, 5) is 11.1. The third-order valence-corrected chi connectivity index (χ3v) is 2.43. The molecule has 5 nitrogen and oxygen atoms in total. The van der Waals surface area contributed by atoms with Crippen LogP contribution in [0.5, 0.6) is 5.75 Å². The van der Waals surface area contributed by atoms with E-state index in [2.05, 4.69) is 5.32 Å². The summed E-state index contributed by atoms with van der Waals surface area (Å²) < 4.78 is 5.01. The topological polar surface area (TPSA) is 88.5 Å². The highest BCUT2D eigenvalue weighted by molar-refractivity contribution is 5.85. The van der Waals surface area contributed by atoms with Gasteiger partial charge in [-0.3, -0.25) is 0 Å². The molecule has 1 heterocycles. The summed E-state index contributed by atoms with van der Waals surface area (Å²) in [5.74, 6) is -0.0650. The van der Waals surface area contributed by atoms with Crippen molar-refractivity contribution >= 4 is 16.7 Å². The lowest BCUT2D eigenvalue weighted by molar-refractivity contribution is 0.468. The highest BCUT2D eigenvalue weighted by atomic mass is 16.4. The molecule has 0 unspecified atom stereocenters. The Kier molecular flexibility index (Phi) is 3.30. The first-order chi connectivity index (χ1) is 8.20. The summed E-state index contributed by atoms with van der Waals surface area (Å²) >= 11 is 0. The van der Waals surface area contributed by atoms with E-state index in [4.69, 9.17) is 10.2 Å². The van der Waals surface area contributed by atoms with Gasteiger partial charge in [-0.2, -0.15) is 0 Å². The van der Waals surface area contributed by atoms with Crippen LogP contribution in [-0.2, 0) is 0 Å². The predicted octanol–water partition coefficient (Wildman–Crippen LogP) is 1.26. The normalized spacial score (nSPS) is 10.6. The number of rotatable bonds is 4. The summed E-state index contributed by atoms with van der Waals surface area (Å²) in [6.45, 7) is 1.38. The van der Waals surface area contributed by atoms with E-state index in [1.54, 1.807) is 12.1 Å². The first-order valence-corrected chi connectivity index (χ1v) is 5.41. The van der Waals surface area contributed by atoms with E-state index in [1.165, 1.54) is 0 Å². The van der Waals surface area contributed by atoms with E-state index in [0.29, 0.717) is 17.5 Å². The van der Waals surface area contributed by atoms with Crippen LogP contribution in [0.15, 0.2) is 33.5 Å². The molecule has 0 radical (unpaired) electrons. The van der Waals surface area contributed by atoms with Crippen molar-refractivity contribution in [3.63, 3.8) is 0 Å². The van der Waals surface area contributed by atoms with Crippen LogP contribution in [0.3, 0.4) is 0 Å². The lowest BCUT2D eigenvalue weighted by Crippen LogP contribution is -2.08. The number of hydrogen-bond acceptors (Lipinski definition) is 5. The maximum Gasteiger partial charge on any atom is 0.339 e. The second-order valence-electron chi connectivity index (χ2n) is 3.73. The average molecular weight is 234 g/mol. The molecular weight excluding hydrogens is 220 g/mol. The second-order valence-corrected chi connectivity index (χ2v) is 3.73. The molecule has 0 aliphatic rings. The molecule has 90 valence electrons. The van der Waals surface area contributed by atoms with Gasteiger partial charge >= 0.3 is 5.63 Å². The van der Waals surface area contributed by atoms with Crippen molar-refractivity contribution in [3.05, 3.63) is 34.7 Å². The monoisotopic (exact) mass is 234 g/mol. The van der Waals surface area contributed by atoms with Crippen molar-refractivity contribution in [2.45, 2.75) is 6.42 Å². The first-order valence-electron chi connectivity index (χ1n) is 5.41. The SMILES string of the molecule is NCCCNc1ccc2c(O)cc(=O)oc2c1. The highest BCUT2D eigenvalue weighted by Crippen LogP contribution is 2.24. The summed E-state index contributed by atoms with van der Waals surface area (Å²) in [7, 11) is 0. The van der Waals surface area contributed by atoms with Crippen LogP contribution in [0.25, 0.3) is 11.0 Å².